The second-order valence-corrected chi connectivity index (χ2v) is 9.38. The number of nitrogens with zero attached hydrogens (tertiary/aromatic N) is 2. The molecule has 1 fully saturated rings. The van der Waals surface area contributed by atoms with Crippen molar-refractivity contribution in [2.24, 2.45) is 0 Å². The molecule has 1 aliphatic rings. The molecule has 38 heavy (non-hydrogen) atoms. The predicted octanol–water partition coefficient (Wildman–Crippen LogP) is 4.66. The van der Waals surface area contributed by atoms with Crippen molar-refractivity contribution in [1.82, 2.24) is 20.2 Å². The molecule has 1 saturated heterocycles. The fraction of sp³-hybridized carbons (Fsp3) is 0.138. The molecule has 190 valence electrons. The Morgan fingerprint density at radius 1 is 1.03 bits per heavy atom. The summed E-state index contributed by atoms with van der Waals surface area (Å²) in [5.41, 5.74) is 1.69. The summed E-state index contributed by atoms with van der Waals surface area (Å²) in [5.74, 6) is -0.521. The van der Waals surface area contributed by atoms with Gasteiger partial charge in [-0.05, 0) is 55.0 Å². The van der Waals surface area contributed by atoms with Crippen LogP contribution in [0.4, 0.5) is 9.18 Å². The van der Waals surface area contributed by atoms with Crippen LogP contribution in [-0.2, 0) is 23.5 Å². The first-order chi connectivity index (χ1) is 18.3. The lowest BCUT2D eigenvalue weighted by molar-refractivity contribution is -0.124. The highest BCUT2D eigenvalue weighted by molar-refractivity contribution is 6.07. The monoisotopic (exact) mass is 510 g/mol. The second kappa shape index (κ2) is 8.88. The van der Waals surface area contributed by atoms with Crippen molar-refractivity contribution in [3.05, 3.63) is 102 Å². The van der Waals surface area contributed by atoms with Crippen molar-refractivity contribution in [2.45, 2.75) is 25.6 Å². The van der Waals surface area contributed by atoms with Gasteiger partial charge in [-0.15, -0.1) is 0 Å². The van der Waals surface area contributed by atoms with Crippen LogP contribution < -0.4 is 15.4 Å². The maximum Gasteiger partial charge on any atom is 0.322 e. The molecule has 9 heteroatoms. The van der Waals surface area contributed by atoms with E-state index < -0.39 is 23.3 Å². The zero-order valence-corrected chi connectivity index (χ0v) is 20.4. The number of amides is 3. The molecule has 5 aromatic rings. The number of aromatic hydroxyl groups is 1. The number of halogens is 1. The van der Waals surface area contributed by atoms with Crippen molar-refractivity contribution < 1.29 is 23.8 Å². The molecule has 3 heterocycles. The highest BCUT2D eigenvalue weighted by Gasteiger charge is 2.48. The Morgan fingerprint density at radius 2 is 1.82 bits per heavy atom. The van der Waals surface area contributed by atoms with E-state index in [-0.39, 0.29) is 12.4 Å². The summed E-state index contributed by atoms with van der Waals surface area (Å²) in [5, 5.41) is 18.1. The topological polar surface area (TPSA) is 105 Å². The summed E-state index contributed by atoms with van der Waals surface area (Å²) in [7, 11) is 0. The number of hydrogen-bond acceptors (Lipinski definition) is 5. The van der Waals surface area contributed by atoms with Gasteiger partial charge in [0.2, 0.25) is 0 Å². The van der Waals surface area contributed by atoms with E-state index in [0.717, 1.165) is 22.2 Å². The van der Waals surface area contributed by atoms with Gasteiger partial charge < -0.3 is 19.7 Å². The maximum absolute atomic E-state index is 13.6. The van der Waals surface area contributed by atoms with E-state index in [9.17, 15) is 19.1 Å². The van der Waals surface area contributed by atoms with Gasteiger partial charge >= 0.3 is 6.03 Å². The lowest BCUT2D eigenvalue weighted by Crippen LogP contribution is -2.47. The molecule has 1 unspecified atom stereocenters. The van der Waals surface area contributed by atoms with E-state index in [2.05, 4.69) is 15.6 Å². The molecule has 6 rings (SSSR count). The Hall–Kier alpha value is -4.92. The van der Waals surface area contributed by atoms with E-state index in [1.165, 1.54) is 28.8 Å². The van der Waals surface area contributed by atoms with Crippen molar-refractivity contribution in [3.8, 4) is 11.6 Å². The Labute approximate surface area is 216 Å². The summed E-state index contributed by atoms with van der Waals surface area (Å²) >= 11 is 0. The number of ether oxygens (including phenoxy) is 1. The van der Waals surface area contributed by atoms with Crippen LogP contribution in [0.2, 0.25) is 0 Å². The molecule has 2 aromatic heterocycles. The average Bonchev–Trinajstić information content (AvgIpc) is 3.37. The smallest absolute Gasteiger partial charge is 0.322 e. The molecule has 0 saturated carbocycles. The predicted molar refractivity (Wildman–Crippen MR) is 139 cm³/mol. The number of nitrogens with one attached hydrogen (secondary N) is 2. The first kappa shape index (κ1) is 23.5. The number of urea groups is 1. The first-order valence-electron chi connectivity index (χ1n) is 12.0. The molecule has 3 N–H and O–H groups in total. The molecule has 3 aromatic carbocycles. The lowest BCUT2D eigenvalue weighted by Gasteiger charge is -2.27. The third-order valence-electron chi connectivity index (χ3n) is 6.84. The van der Waals surface area contributed by atoms with Gasteiger partial charge in [0.1, 0.15) is 18.2 Å². The van der Waals surface area contributed by atoms with E-state index in [1.807, 2.05) is 37.3 Å². The minimum absolute atomic E-state index is 0.0715. The lowest BCUT2D eigenvalue weighted by atomic mass is 9.89. The normalized spacial score (nSPS) is 17.1. The number of carbonyl (C=O) groups is 2. The van der Waals surface area contributed by atoms with Crippen LogP contribution in [0.1, 0.15) is 16.8 Å². The number of carbonyl (C=O) groups excluding carboxylic acids is 2. The summed E-state index contributed by atoms with van der Waals surface area (Å²) in [6.45, 7) is 2.18. The van der Waals surface area contributed by atoms with E-state index in [4.69, 9.17) is 4.74 Å². The third kappa shape index (κ3) is 3.98. The minimum atomic E-state index is -1.52. The number of hydrogen-bond donors (Lipinski definition) is 3. The largest absolute Gasteiger partial charge is 0.494 e. The SMILES string of the molecule is Cc1cc(COc2ccc3c(O)n(CC4(c5ccc(F)cc5)NC(=O)NC4=O)cc3c2)c2ccccc2n1. The molecule has 0 bridgehead atoms. The van der Waals surface area contributed by atoms with Crippen LogP contribution in [0.3, 0.4) is 0 Å². The van der Waals surface area contributed by atoms with Gasteiger partial charge in [-0.2, -0.15) is 0 Å². The Balaban J connectivity index is 1.31. The number of pyridine rings is 1. The van der Waals surface area contributed by atoms with Crippen LogP contribution in [0, 0.1) is 12.7 Å². The van der Waals surface area contributed by atoms with E-state index >= 15 is 0 Å². The molecule has 0 radical (unpaired) electrons. The highest BCUT2D eigenvalue weighted by Crippen LogP contribution is 2.35. The van der Waals surface area contributed by atoms with Crippen LogP contribution in [-0.4, -0.2) is 26.6 Å². The van der Waals surface area contributed by atoms with Crippen LogP contribution in [0.25, 0.3) is 21.7 Å². The number of fused-ring (bicyclic) bond motifs is 2. The van der Waals surface area contributed by atoms with Gasteiger partial charge in [-0.25, -0.2) is 9.18 Å². The van der Waals surface area contributed by atoms with Gasteiger partial charge in [0, 0.05) is 33.6 Å². The molecule has 0 aliphatic carbocycles. The number of aromatic nitrogens is 2. The van der Waals surface area contributed by atoms with Crippen LogP contribution >= 0.6 is 0 Å². The zero-order valence-electron chi connectivity index (χ0n) is 20.4. The zero-order chi connectivity index (χ0) is 26.4. The third-order valence-corrected chi connectivity index (χ3v) is 6.84. The van der Waals surface area contributed by atoms with Crippen molar-refractivity contribution in [2.75, 3.05) is 0 Å². The minimum Gasteiger partial charge on any atom is -0.494 e. The Morgan fingerprint density at radius 3 is 2.58 bits per heavy atom. The fourth-order valence-corrected chi connectivity index (χ4v) is 5.01. The van der Waals surface area contributed by atoms with E-state index in [1.54, 1.807) is 24.4 Å². The van der Waals surface area contributed by atoms with Gasteiger partial charge in [-0.3, -0.25) is 15.1 Å². The fourth-order valence-electron chi connectivity index (χ4n) is 5.01. The van der Waals surface area contributed by atoms with Crippen molar-refractivity contribution in [1.29, 1.82) is 0 Å². The second-order valence-electron chi connectivity index (χ2n) is 9.38. The maximum atomic E-state index is 13.6. The molecule has 3 amide bonds. The number of imide groups is 1. The summed E-state index contributed by atoms with van der Waals surface area (Å²) < 4.78 is 21.2. The molecule has 8 nitrogen and oxygen atoms in total. The summed E-state index contributed by atoms with van der Waals surface area (Å²) in [6, 6.07) is 19.9. The highest BCUT2D eigenvalue weighted by atomic mass is 19.1. The molecular formula is C29H23FN4O4. The molecule has 0 spiro atoms. The number of para-hydroxylation sites is 1. The van der Waals surface area contributed by atoms with Gasteiger partial charge in [0.15, 0.2) is 11.4 Å². The average molecular weight is 511 g/mol. The number of benzene rings is 3. The molecule has 1 atom stereocenters. The standard InChI is InChI=1S/C29H23FN4O4/c1-17-12-19(23-4-2-3-5-25(23)31-17)15-38-22-10-11-24-18(13-22)14-34(26(24)35)16-29(27(36)32-28(37)33-29)20-6-8-21(30)9-7-20/h2-14,35H,15-16H2,1H3,(H2,32,33,36,37). The van der Waals surface area contributed by atoms with Gasteiger partial charge in [0.05, 0.1) is 12.1 Å². The first-order valence-corrected chi connectivity index (χ1v) is 12.0. The number of aryl methyl sites for hydroxylation is 1. The number of rotatable bonds is 6. The Bertz CT molecular complexity index is 1730. The van der Waals surface area contributed by atoms with Crippen LogP contribution in [0.15, 0.2) is 79.0 Å². The Kier molecular flexibility index (Phi) is 5.48. The van der Waals surface area contributed by atoms with E-state index in [0.29, 0.717) is 28.7 Å². The quantitative estimate of drug-likeness (QED) is 0.288. The van der Waals surface area contributed by atoms with Gasteiger partial charge in [0.25, 0.3) is 5.91 Å². The van der Waals surface area contributed by atoms with Crippen LogP contribution in [0.5, 0.6) is 11.6 Å². The van der Waals surface area contributed by atoms with Gasteiger partial charge in [-0.1, -0.05) is 30.3 Å². The molecule has 1 aliphatic heterocycles. The van der Waals surface area contributed by atoms with Crippen molar-refractivity contribution >= 4 is 33.6 Å². The summed E-state index contributed by atoms with van der Waals surface area (Å²) in [4.78, 5) is 29.6. The molecular weight excluding hydrogens is 487 g/mol. The summed E-state index contributed by atoms with van der Waals surface area (Å²) in [6.07, 6.45) is 1.69. The van der Waals surface area contributed by atoms with Crippen molar-refractivity contribution in [3.63, 3.8) is 0 Å².